The first-order valence-electron chi connectivity index (χ1n) is 8.77. The van der Waals surface area contributed by atoms with Gasteiger partial charge in [-0.1, -0.05) is 13.3 Å². The Morgan fingerprint density at radius 2 is 1.59 bits per heavy atom. The van der Waals surface area contributed by atoms with Crippen molar-refractivity contribution in [2.24, 2.45) is 0 Å². The first kappa shape index (κ1) is 24.2. The summed E-state index contributed by atoms with van der Waals surface area (Å²) in [7, 11) is 0. The number of hydrogen-bond donors (Lipinski definition) is 1. The summed E-state index contributed by atoms with van der Waals surface area (Å²) < 4.78 is 78.8. The van der Waals surface area contributed by atoms with E-state index >= 15 is 0 Å². The Labute approximate surface area is 165 Å². The van der Waals surface area contributed by atoms with Gasteiger partial charge in [-0.3, -0.25) is 0 Å². The third kappa shape index (κ3) is 5.84. The molecule has 1 fully saturated rings. The van der Waals surface area contributed by atoms with Crippen LogP contribution in [0.25, 0.3) is 0 Å². The van der Waals surface area contributed by atoms with Gasteiger partial charge in [-0.05, 0) is 24.6 Å². The largest absolute Gasteiger partial charge is 1.00 e. The topological polar surface area (TPSA) is 20.2 Å². The van der Waals surface area contributed by atoms with E-state index in [4.69, 9.17) is 0 Å². The highest BCUT2D eigenvalue weighted by atomic mass is 79.9. The van der Waals surface area contributed by atoms with Gasteiger partial charge in [-0.2, -0.15) is 26.3 Å². The minimum Gasteiger partial charge on any atom is -1.00 e. The summed E-state index contributed by atoms with van der Waals surface area (Å²) in [5.41, 5.74) is -2.55. The van der Waals surface area contributed by atoms with Crippen molar-refractivity contribution >= 4 is 0 Å². The molecule has 0 bridgehead atoms. The first-order chi connectivity index (χ1) is 12.0. The molecule has 27 heavy (non-hydrogen) atoms. The van der Waals surface area contributed by atoms with Crippen LogP contribution in [0.15, 0.2) is 18.2 Å². The maximum atomic E-state index is 13.1. The number of unbranched alkanes of at least 4 members (excludes halogenated alkanes) is 1. The number of halogens is 7. The number of likely N-dealkylation sites (tertiary alicyclic amines) is 1. The molecule has 0 aliphatic carbocycles. The van der Waals surface area contributed by atoms with Crippen LogP contribution in [0.5, 0.6) is 0 Å². The lowest BCUT2D eigenvalue weighted by Gasteiger charge is -2.40. The standard InChI is InChI=1S/C18H24F6NO.BrH/c1-2-3-6-25(7-4-5-16(25)12-26)11-13-8-14(17(19,20)21)10-15(9-13)18(22,23)24;/h8-10,16,26H,2-7,11-12H2,1H3;1H/q+1;/p-1/t16-,25?;/m0./s1. The van der Waals surface area contributed by atoms with Crippen LogP contribution in [0.4, 0.5) is 26.3 Å². The fraction of sp³-hybridized carbons (Fsp3) is 0.667. The first-order valence-corrected chi connectivity index (χ1v) is 8.77. The molecule has 1 aromatic carbocycles. The number of benzene rings is 1. The second kappa shape index (κ2) is 9.13. The molecule has 0 saturated carbocycles. The van der Waals surface area contributed by atoms with Crippen LogP contribution in [0.2, 0.25) is 0 Å². The summed E-state index contributed by atoms with van der Waals surface area (Å²) in [6, 6.07) is 1.64. The number of aliphatic hydroxyl groups excluding tert-OH is 1. The Bertz CT molecular complexity index is 587. The molecule has 1 aliphatic rings. The van der Waals surface area contributed by atoms with Gasteiger partial charge in [0.15, 0.2) is 0 Å². The Kier molecular flexibility index (Phi) is 8.20. The number of rotatable bonds is 6. The molecule has 1 N–H and O–H groups in total. The highest BCUT2D eigenvalue weighted by Crippen LogP contribution is 2.38. The Morgan fingerprint density at radius 3 is 2.04 bits per heavy atom. The smallest absolute Gasteiger partial charge is 0.416 e. The molecule has 1 heterocycles. The van der Waals surface area contributed by atoms with Crippen molar-refractivity contribution in [2.75, 3.05) is 19.7 Å². The fourth-order valence-electron chi connectivity index (χ4n) is 3.89. The highest BCUT2D eigenvalue weighted by molar-refractivity contribution is 5.33. The van der Waals surface area contributed by atoms with Crippen molar-refractivity contribution in [3.63, 3.8) is 0 Å². The van der Waals surface area contributed by atoms with E-state index in [1.54, 1.807) is 0 Å². The predicted molar refractivity (Wildman–Crippen MR) is 85.2 cm³/mol. The van der Waals surface area contributed by atoms with E-state index < -0.39 is 23.5 Å². The molecule has 2 atom stereocenters. The molecule has 1 aliphatic heterocycles. The molecule has 1 saturated heterocycles. The van der Waals surface area contributed by atoms with E-state index in [-0.39, 0.29) is 47.8 Å². The van der Waals surface area contributed by atoms with Gasteiger partial charge in [0.05, 0.1) is 30.8 Å². The number of nitrogens with zero attached hydrogens (tertiary/aromatic N) is 1. The zero-order chi connectivity index (χ0) is 19.6. The normalized spacial score (nSPS) is 23.3. The minimum absolute atomic E-state index is 0. The Morgan fingerprint density at radius 1 is 1.04 bits per heavy atom. The maximum Gasteiger partial charge on any atom is 0.416 e. The van der Waals surface area contributed by atoms with Gasteiger partial charge in [-0.15, -0.1) is 0 Å². The van der Waals surface area contributed by atoms with E-state index in [1.807, 2.05) is 6.92 Å². The van der Waals surface area contributed by atoms with Crippen molar-refractivity contribution in [1.29, 1.82) is 0 Å². The van der Waals surface area contributed by atoms with Gasteiger partial charge in [0.1, 0.15) is 12.6 Å². The Balaban J connectivity index is 0.00000364. The highest BCUT2D eigenvalue weighted by Gasteiger charge is 2.42. The molecule has 2 nitrogen and oxygen atoms in total. The second-order valence-corrected chi connectivity index (χ2v) is 7.07. The van der Waals surface area contributed by atoms with E-state index in [2.05, 4.69) is 0 Å². The second-order valence-electron chi connectivity index (χ2n) is 7.07. The van der Waals surface area contributed by atoms with Gasteiger partial charge in [-0.25, -0.2) is 0 Å². The molecular formula is C18H24BrF6NO. The molecule has 0 spiro atoms. The number of aliphatic hydroxyl groups is 1. The SMILES string of the molecule is CCCC[N+]1(Cc2cc(C(F)(F)F)cc(C(F)(F)F)c2)CCC[C@H]1CO.[Br-]. The van der Waals surface area contributed by atoms with Crippen molar-refractivity contribution in [2.45, 2.75) is 57.5 Å². The summed E-state index contributed by atoms with van der Waals surface area (Å²) in [6.45, 7) is 3.22. The summed E-state index contributed by atoms with van der Waals surface area (Å²) in [4.78, 5) is 0. The molecular weight excluding hydrogens is 440 g/mol. The summed E-state index contributed by atoms with van der Waals surface area (Å²) >= 11 is 0. The van der Waals surface area contributed by atoms with Crippen LogP contribution in [-0.4, -0.2) is 35.3 Å². The molecule has 1 unspecified atom stereocenters. The number of hydrogen-bond acceptors (Lipinski definition) is 1. The van der Waals surface area contributed by atoms with Crippen LogP contribution < -0.4 is 17.0 Å². The summed E-state index contributed by atoms with van der Waals surface area (Å²) in [6.07, 6.45) is -6.47. The molecule has 0 radical (unpaired) electrons. The summed E-state index contributed by atoms with van der Waals surface area (Å²) in [5.74, 6) is 0. The minimum atomic E-state index is -4.84. The number of alkyl halides is 6. The zero-order valence-corrected chi connectivity index (χ0v) is 16.6. The van der Waals surface area contributed by atoms with Gasteiger partial charge in [0.2, 0.25) is 0 Å². The lowest BCUT2D eigenvalue weighted by molar-refractivity contribution is -0.952. The van der Waals surface area contributed by atoms with Crippen molar-refractivity contribution in [3.05, 3.63) is 34.9 Å². The average Bonchev–Trinajstić information content (AvgIpc) is 2.93. The quantitative estimate of drug-likeness (QED) is 0.505. The van der Waals surface area contributed by atoms with E-state index in [9.17, 15) is 31.4 Å². The molecule has 156 valence electrons. The van der Waals surface area contributed by atoms with Crippen LogP contribution >= 0.6 is 0 Å². The molecule has 0 amide bonds. The summed E-state index contributed by atoms with van der Waals surface area (Å²) in [5, 5.41) is 9.67. The van der Waals surface area contributed by atoms with Gasteiger partial charge < -0.3 is 26.6 Å². The third-order valence-corrected chi connectivity index (χ3v) is 5.23. The lowest BCUT2D eigenvalue weighted by Crippen LogP contribution is -3.00. The van der Waals surface area contributed by atoms with Crippen LogP contribution in [-0.2, 0) is 18.9 Å². The van der Waals surface area contributed by atoms with Gasteiger partial charge in [0, 0.05) is 18.4 Å². The maximum absolute atomic E-state index is 13.1. The lowest BCUT2D eigenvalue weighted by atomic mass is 10.0. The zero-order valence-electron chi connectivity index (χ0n) is 15.0. The van der Waals surface area contributed by atoms with E-state index in [0.717, 1.165) is 37.8 Å². The van der Waals surface area contributed by atoms with Crippen molar-refractivity contribution in [3.8, 4) is 0 Å². The van der Waals surface area contributed by atoms with Crippen LogP contribution in [0, 0.1) is 0 Å². The van der Waals surface area contributed by atoms with Gasteiger partial charge >= 0.3 is 12.4 Å². The van der Waals surface area contributed by atoms with Crippen molar-refractivity contribution < 1.29 is 52.9 Å². The molecule has 2 rings (SSSR count). The van der Waals surface area contributed by atoms with E-state index in [1.165, 1.54) is 0 Å². The molecule has 0 aromatic heterocycles. The van der Waals surface area contributed by atoms with Gasteiger partial charge in [0.25, 0.3) is 0 Å². The molecule has 9 heteroatoms. The van der Waals surface area contributed by atoms with Crippen molar-refractivity contribution in [1.82, 2.24) is 0 Å². The third-order valence-electron chi connectivity index (χ3n) is 5.23. The molecule has 1 aromatic rings. The Hall–Kier alpha value is -0.800. The fourth-order valence-corrected chi connectivity index (χ4v) is 3.89. The number of quaternary nitrogens is 1. The van der Waals surface area contributed by atoms with Crippen LogP contribution in [0.3, 0.4) is 0 Å². The van der Waals surface area contributed by atoms with Crippen LogP contribution in [0.1, 0.15) is 49.3 Å². The average molecular weight is 464 g/mol. The van der Waals surface area contributed by atoms with E-state index in [0.29, 0.717) is 17.6 Å². The monoisotopic (exact) mass is 463 g/mol. The predicted octanol–water partition coefficient (Wildman–Crippen LogP) is 2.00.